The highest BCUT2D eigenvalue weighted by molar-refractivity contribution is 5.96. The van der Waals surface area contributed by atoms with Crippen LogP contribution in [0.2, 0.25) is 0 Å². The second-order valence-corrected chi connectivity index (χ2v) is 7.36. The fourth-order valence-electron chi connectivity index (χ4n) is 3.62. The van der Waals surface area contributed by atoms with Crippen molar-refractivity contribution in [3.05, 3.63) is 40.5 Å². The normalized spacial score (nSPS) is 10.6. The lowest BCUT2D eigenvalue weighted by atomic mass is 9.98. The number of ether oxygens (including phenoxy) is 3. The number of phenolic OH excluding ortho intramolecular Hbond substituents is 1. The molecule has 0 aromatic heterocycles. The summed E-state index contributed by atoms with van der Waals surface area (Å²) in [5.74, 6) is -2.32. The number of benzene rings is 2. The van der Waals surface area contributed by atoms with E-state index in [9.17, 15) is 24.9 Å². The first-order valence-corrected chi connectivity index (χ1v) is 10.6. The summed E-state index contributed by atoms with van der Waals surface area (Å²) >= 11 is 0. The number of methoxy groups -OCH3 is 2. The fraction of sp³-hybridized carbons (Fsp3) is 0.417. The first-order chi connectivity index (χ1) is 15.3. The number of hydrogen-bond donors (Lipinski definition) is 3. The number of aromatic carboxylic acids is 1. The molecule has 0 saturated carbocycles. The van der Waals surface area contributed by atoms with Gasteiger partial charge in [0, 0.05) is 17.7 Å². The molecule has 2 rings (SSSR count). The van der Waals surface area contributed by atoms with Crippen LogP contribution < -0.4 is 9.47 Å². The van der Waals surface area contributed by atoms with Crippen LogP contribution in [0.25, 0.3) is 0 Å². The number of phenols is 2. The van der Waals surface area contributed by atoms with Crippen LogP contribution in [0.3, 0.4) is 0 Å². The second kappa shape index (κ2) is 11.3. The number of unbranched alkanes of at least 4 members (excludes halogenated alkanes) is 2. The van der Waals surface area contributed by atoms with Crippen LogP contribution in [-0.2, 0) is 17.6 Å². The van der Waals surface area contributed by atoms with Gasteiger partial charge in [-0.1, -0.05) is 33.1 Å². The summed E-state index contributed by atoms with van der Waals surface area (Å²) < 4.78 is 16.4. The summed E-state index contributed by atoms with van der Waals surface area (Å²) in [6.45, 7) is 3.95. The van der Waals surface area contributed by atoms with E-state index in [4.69, 9.17) is 14.2 Å². The van der Waals surface area contributed by atoms with E-state index in [0.717, 1.165) is 18.9 Å². The van der Waals surface area contributed by atoms with Gasteiger partial charge in [0.15, 0.2) is 11.5 Å². The molecule has 2 aromatic rings. The van der Waals surface area contributed by atoms with Crippen molar-refractivity contribution in [2.24, 2.45) is 0 Å². The number of rotatable bonds is 11. The van der Waals surface area contributed by atoms with Gasteiger partial charge in [-0.05, 0) is 30.9 Å². The van der Waals surface area contributed by atoms with Gasteiger partial charge in [0.1, 0.15) is 28.4 Å². The molecule has 8 nitrogen and oxygen atoms in total. The maximum atomic E-state index is 12.6. The number of carboxylic acids is 1. The van der Waals surface area contributed by atoms with E-state index in [-0.39, 0.29) is 39.7 Å². The molecule has 0 unspecified atom stereocenters. The van der Waals surface area contributed by atoms with E-state index in [0.29, 0.717) is 31.2 Å². The molecule has 0 bridgehead atoms. The molecule has 174 valence electrons. The van der Waals surface area contributed by atoms with Crippen LogP contribution in [-0.4, -0.2) is 41.5 Å². The number of esters is 1. The molecule has 0 amide bonds. The quantitative estimate of drug-likeness (QED) is 0.323. The number of carbonyl (C=O) groups excluding carboxylic acids is 1. The molecule has 0 aliphatic carbocycles. The highest BCUT2D eigenvalue weighted by Crippen LogP contribution is 2.44. The summed E-state index contributed by atoms with van der Waals surface area (Å²) in [6, 6.07) is 3.91. The Hall–Kier alpha value is -3.42. The van der Waals surface area contributed by atoms with Gasteiger partial charge in [0.05, 0.1) is 14.2 Å². The predicted octanol–water partition coefficient (Wildman–Crippen LogP) is 5.07. The minimum Gasteiger partial charge on any atom is -0.508 e. The Balaban J connectivity index is 2.76. The summed E-state index contributed by atoms with van der Waals surface area (Å²) in [5, 5.41) is 30.3. The monoisotopic (exact) mass is 446 g/mol. The zero-order valence-electron chi connectivity index (χ0n) is 18.9. The van der Waals surface area contributed by atoms with Crippen LogP contribution in [0, 0.1) is 0 Å². The first-order valence-electron chi connectivity index (χ1n) is 10.6. The Labute approximate surface area is 187 Å². The smallest absolute Gasteiger partial charge is 0.341 e. The summed E-state index contributed by atoms with van der Waals surface area (Å²) in [7, 11) is 2.61. The van der Waals surface area contributed by atoms with Crippen LogP contribution in [0.1, 0.15) is 71.4 Å². The minimum atomic E-state index is -1.31. The number of aromatic hydroxyl groups is 2. The molecule has 0 heterocycles. The average Bonchev–Trinajstić information content (AvgIpc) is 2.74. The van der Waals surface area contributed by atoms with Crippen molar-refractivity contribution in [2.45, 2.75) is 52.4 Å². The minimum absolute atomic E-state index is 0.0115. The zero-order chi connectivity index (χ0) is 23.8. The van der Waals surface area contributed by atoms with E-state index in [1.165, 1.54) is 26.4 Å². The molecule has 2 aromatic carbocycles. The molecule has 0 saturated heterocycles. The van der Waals surface area contributed by atoms with Crippen molar-refractivity contribution in [1.29, 1.82) is 0 Å². The van der Waals surface area contributed by atoms with E-state index in [1.54, 1.807) is 0 Å². The van der Waals surface area contributed by atoms with Gasteiger partial charge >= 0.3 is 11.9 Å². The Morgan fingerprint density at radius 1 is 0.906 bits per heavy atom. The Kier molecular flexibility index (Phi) is 8.75. The summed E-state index contributed by atoms with van der Waals surface area (Å²) in [5.41, 5.74) is 0.640. The second-order valence-electron chi connectivity index (χ2n) is 7.36. The lowest BCUT2D eigenvalue weighted by molar-refractivity contribution is 0.0595. The summed E-state index contributed by atoms with van der Waals surface area (Å²) in [6.07, 6.45) is 3.92. The van der Waals surface area contributed by atoms with Gasteiger partial charge < -0.3 is 29.5 Å². The molecule has 0 fully saturated rings. The van der Waals surface area contributed by atoms with Crippen molar-refractivity contribution in [2.75, 3.05) is 14.2 Å². The number of aryl methyl sites for hydroxylation is 1. The molecule has 0 atom stereocenters. The third kappa shape index (κ3) is 5.43. The average molecular weight is 446 g/mol. The van der Waals surface area contributed by atoms with Crippen LogP contribution in [0.5, 0.6) is 28.7 Å². The van der Waals surface area contributed by atoms with Crippen LogP contribution in [0.4, 0.5) is 0 Å². The van der Waals surface area contributed by atoms with Gasteiger partial charge in [0.2, 0.25) is 0 Å². The number of carboxylic acid groups (broad SMARTS) is 1. The Morgan fingerprint density at radius 2 is 1.62 bits per heavy atom. The van der Waals surface area contributed by atoms with E-state index in [2.05, 4.69) is 0 Å². The molecular weight excluding hydrogens is 416 g/mol. The van der Waals surface area contributed by atoms with Gasteiger partial charge in [0.25, 0.3) is 0 Å². The van der Waals surface area contributed by atoms with E-state index < -0.39 is 17.7 Å². The fourth-order valence-corrected chi connectivity index (χ4v) is 3.62. The van der Waals surface area contributed by atoms with Gasteiger partial charge in [-0.3, -0.25) is 0 Å². The Morgan fingerprint density at radius 3 is 2.19 bits per heavy atom. The molecular formula is C24H30O8. The predicted molar refractivity (Wildman–Crippen MR) is 118 cm³/mol. The number of carbonyl (C=O) groups is 2. The standard InChI is InChI=1S/C24H30O8/c1-5-7-8-10-16-21(23(27)28)17(26)13-19(30-3)22(16)32-18-12-15(25)11-14(9-6-2)20(18)24(29)31-4/h11-13,25-26H,5-10H2,1-4H3,(H,27,28). The SMILES string of the molecule is CCCCCc1c(Oc2cc(O)cc(CCC)c2C(=O)OC)c(OC)cc(O)c1C(=O)O. The lowest BCUT2D eigenvalue weighted by Crippen LogP contribution is -2.10. The van der Waals surface area contributed by atoms with Crippen molar-refractivity contribution >= 4 is 11.9 Å². The maximum absolute atomic E-state index is 12.6. The molecule has 0 aliphatic heterocycles. The molecule has 0 spiro atoms. The van der Waals surface area contributed by atoms with Gasteiger partial charge in [-0.25, -0.2) is 9.59 Å². The van der Waals surface area contributed by atoms with Crippen molar-refractivity contribution in [3.63, 3.8) is 0 Å². The number of hydrogen-bond acceptors (Lipinski definition) is 7. The largest absolute Gasteiger partial charge is 0.508 e. The Bertz CT molecular complexity index is 981. The lowest BCUT2D eigenvalue weighted by Gasteiger charge is -2.20. The van der Waals surface area contributed by atoms with Crippen LogP contribution in [0.15, 0.2) is 18.2 Å². The third-order valence-electron chi connectivity index (χ3n) is 5.08. The topological polar surface area (TPSA) is 123 Å². The maximum Gasteiger partial charge on any atom is 0.341 e. The van der Waals surface area contributed by atoms with Crippen LogP contribution >= 0.6 is 0 Å². The van der Waals surface area contributed by atoms with Crippen molar-refractivity contribution in [1.82, 2.24) is 0 Å². The van der Waals surface area contributed by atoms with Gasteiger partial charge in [-0.2, -0.15) is 0 Å². The molecule has 8 heteroatoms. The highest BCUT2D eigenvalue weighted by atomic mass is 16.5. The molecule has 0 aliphatic rings. The third-order valence-corrected chi connectivity index (χ3v) is 5.08. The van der Waals surface area contributed by atoms with E-state index >= 15 is 0 Å². The first kappa shape index (κ1) is 24.8. The van der Waals surface area contributed by atoms with E-state index in [1.807, 2.05) is 13.8 Å². The zero-order valence-corrected chi connectivity index (χ0v) is 18.9. The van der Waals surface area contributed by atoms with Gasteiger partial charge in [-0.15, -0.1) is 0 Å². The molecule has 32 heavy (non-hydrogen) atoms. The summed E-state index contributed by atoms with van der Waals surface area (Å²) in [4.78, 5) is 24.5. The van der Waals surface area contributed by atoms with Crippen molar-refractivity contribution in [3.8, 4) is 28.7 Å². The van der Waals surface area contributed by atoms with Crippen molar-refractivity contribution < 1.29 is 39.1 Å². The highest BCUT2D eigenvalue weighted by Gasteiger charge is 2.27. The molecule has 0 radical (unpaired) electrons. The molecule has 3 N–H and O–H groups in total.